The van der Waals surface area contributed by atoms with Gasteiger partial charge in [0.05, 0.1) is 17.5 Å². The first-order chi connectivity index (χ1) is 11.0. The number of halogens is 1. The summed E-state index contributed by atoms with van der Waals surface area (Å²) in [7, 11) is 0. The van der Waals surface area contributed by atoms with Crippen molar-refractivity contribution in [1.29, 1.82) is 0 Å². The van der Waals surface area contributed by atoms with Gasteiger partial charge in [0.25, 0.3) is 5.91 Å². The highest BCUT2D eigenvalue weighted by Gasteiger charge is 2.10. The highest BCUT2D eigenvalue weighted by atomic mass is 19.1. The van der Waals surface area contributed by atoms with Crippen molar-refractivity contribution in [1.82, 2.24) is 19.7 Å². The molecule has 0 radical (unpaired) electrons. The third-order valence-corrected chi connectivity index (χ3v) is 3.21. The molecule has 0 spiro atoms. The van der Waals surface area contributed by atoms with Gasteiger partial charge in [-0.15, -0.1) is 0 Å². The molecule has 0 unspecified atom stereocenters. The monoisotopic (exact) mass is 311 g/mol. The van der Waals surface area contributed by atoms with Crippen LogP contribution in [-0.4, -0.2) is 25.7 Å². The highest BCUT2D eigenvalue weighted by Crippen LogP contribution is 2.11. The van der Waals surface area contributed by atoms with Crippen molar-refractivity contribution in [2.75, 3.05) is 5.32 Å². The molecule has 3 aromatic rings. The van der Waals surface area contributed by atoms with Crippen LogP contribution in [0.4, 0.5) is 10.2 Å². The van der Waals surface area contributed by atoms with E-state index in [0.29, 0.717) is 11.4 Å². The minimum Gasteiger partial charge on any atom is -0.307 e. The second-order valence-corrected chi connectivity index (χ2v) is 5.06. The molecule has 1 N–H and O–H groups in total. The number of anilines is 1. The number of aryl methyl sites for hydroxylation is 2. The Hall–Kier alpha value is -3.09. The number of pyridine rings is 2. The molecule has 0 fully saturated rings. The number of carbonyl (C=O) groups excluding carboxylic acids is 1. The Morgan fingerprint density at radius 2 is 1.96 bits per heavy atom. The minimum absolute atomic E-state index is 0.277. The summed E-state index contributed by atoms with van der Waals surface area (Å²) in [5.41, 5.74) is 2.23. The second-order valence-electron chi connectivity index (χ2n) is 5.06. The zero-order chi connectivity index (χ0) is 16.4. The van der Waals surface area contributed by atoms with Crippen molar-refractivity contribution in [3.8, 4) is 5.82 Å². The van der Waals surface area contributed by atoms with Gasteiger partial charge in [0.15, 0.2) is 5.82 Å². The van der Waals surface area contributed by atoms with E-state index in [1.165, 1.54) is 18.3 Å². The maximum Gasteiger partial charge on any atom is 0.258 e. The van der Waals surface area contributed by atoms with Crippen LogP contribution in [0, 0.1) is 19.7 Å². The third-order valence-electron chi connectivity index (χ3n) is 3.21. The van der Waals surface area contributed by atoms with Crippen molar-refractivity contribution in [3.05, 3.63) is 65.5 Å². The van der Waals surface area contributed by atoms with E-state index >= 15 is 0 Å². The van der Waals surface area contributed by atoms with Gasteiger partial charge < -0.3 is 5.32 Å². The fraction of sp³-hybridized carbons (Fsp3) is 0.125. The van der Waals surface area contributed by atoms with Crippen molar-refractivity contribution < 1.29 is 9.18 Å². The molecular weight excluding hydrogens is 297 g/mol. The second kappa shape index (κ2) is 5.96. The average Bonchev–Trinajstić information content (AvgIpc) is 2.88. The first-order valence-corrected chi connectivity index (χ1v) is 6.95. The van der Waals surface area contributed by atoms with Crippen LogP contribution in [0.5, 0.6) is 0 Å². The van der Waals surface area contributed by atoms with E-state index < -0.39 is 5.82 Å². The maximum atomic E-state index is 12.8. The Labute approximate surface area is 132 Å². The summed E-state index contributed by atoms with van der Waals surface area (Å²) in [5, 5.41) is 6.92. The minimum atomic E-state index is -0.459. The van der Waals surface area contributed by atoms with Crippen LogP contribution in [0.3, 0.4) is 0 Å². The Morgan fingerprint density at radius 1 is 1.13 bits per heavy atom. The van der Waals surface area contributed by atoms with E-state index in [0.717, 1.165) is 17.6 Å². The fourth-order valence-corrected chi connectivity index (χ4v) is 2.14. The molecule has 3 aromatic heterocycles. The third kappa shape index (κ3) is 3.23. The highest BCUT2D eigenvalue weighted by molar-refractivity contribution is 6.03. The summed E-state index contributed by atoms with van der Waals surface area (Å²) in [5.74, 6) is 0.0847. The van der Waals surface area contributed by atoms with Crippen molar-refractivity contribution in [2.45, 2.75) is 13.8 Å². The van der Waals surface area contributed by atoms with Gasteiger partial charge in [-0.2, -0.15) is 5.10 Å². The van der Waals surface area contributed by atoms with Crippen LogP contribution in [0.15, 0.2) is 42.7 Å². The topological polar surface area (TPSA) is 72.7 Å². The van der Waals surface area contributed by atoms with Crippen LogP contribution in [0.25, 0.3) is 5.82 Å². The number of carbonyl (C=O) groups is 1. The van der Waals surface area contributed by atoms with Crippen LogP contribution in [-0.2, 0) is 0 Å². The van der Waals surface area contributed by atoms with E-state index in [1.807, 2.05) is 19.9 Å². The molecular formula is C16H14FN5O. The predicted octanol–water partition coefficient (Wildman–Crippen LogP) is 2.67. The van der Waals surface area contributed by atoms with Gasteiger partial charge in [-0.05, 0) is 44.2 Å². The lowest BCUT2D eigenvalue weighted by molar-refractivity contribution is 0.102. The summed E-state index contributed by atoms with van der Waals surface area (Å²) in [6, 6.07) is 7.93. The Kier molecular flexibility index (Phi) is 3.84. The molecule has 0 aliphatic heterocycles. The summed E-state index contributed by atoms with van der Waals surface area (Å²) >= 11 is 0. The summed E-state index contributed by atoms with van der Waals surface area (Å²) in [4.78, 5) is 20.2. The number of hydrogen-bond donors (Lipinski definition) is 1. The molecule has 3 rings (SSSR count). The molecule has 116 valence electrons. The Balaban J connectivity index is 1.77. The lowest BCUT2D eigenvalue weighted by Gasteiger charge is -2.06. The van der Waals surface area contributed by atoms with Gasteiger partial charge in [-0.25, -0.2) is 19.0 Å². The molecule has 0 aliphatic carbocycles. The number of hydrogen-bond acceptors (Lipinski definition) is 4. The van der Waals surface area contributed by atoms with Crippen molar-refractivity contribution in [3.63, 3.8) is 0 Å². The lowest BCUT2D eigenvalue weighted by Crippen LogP contribution is -2.13. The van der Waals surface area contributed by atoms with Crippen LogP contribution >= 0.6 is 0 Å². The number of rotatable bonds is 3. The van der Waals surface area contributed by atoms with E-state index in [1.54, 1.807) is 16.8 Å². The van der Waals surface area contributed by atoms with Crippen LogP contribution in [0.1, 0.15) is 21.7 Å². The molecule has 0 aliphatic rings. The Bertz CT molecular complexity index is 840. The number of nitrogens with one attached hydrogen (secondary N) is 1. The maximum absolute atomic E-state index is 12.8. The number of aromatic nitrogens is 4. The zero-order valence-corrected chi connectivity index (χ0v) is 12.6. The molecule has 0 atom stereocenters. The van der Waals surface area contributed by atoms with Crippen molar-refractivity contribution in [2.24, 2.45) is 0 Å². The normalized spacial score (nSPS) is 10.6. The van der Waals surface area contributed by atoms with E-state index in [9.17, 15) is 9.18 Å². The molecule has 3 heterocycles. The molecule has 23 heavy (non-hydrogen) atoms. The van der Waals surface area contributed by atoms with Gasteiger partial charge in [0.2, 0.25) is 0 Å². The Morgan fingerprint density at radius 3 is 2.52 bits per heavy atom. The van der Waals surface area contributed by atoms with Gasteiger partial charge >= 0.3 is 0 Å². The summed E-state index contributed by atoms with van der Waals surface area (Å²) < 4.78 is 14.5. The quantitative estimate of drug-likeness (QED) is 0.807. The predicted molar refractivity (Wildman–Crippen MR) is 83.0 cm³/mol. The molecule has 0 saturated carbocycles. The number of nitrogens with zero attached hydrogens (tertiary/aromatic N) is 4. The molecule has 6 nitrogen and oxygen atoms in total. The number of amides is 1. The first-order valence-electron chi connectivity index (χ1n) is 6.95. The summed E-state index contributed by atoms with van der Waals surface area (Å²) in [6.45, 7) is 3.84. The average molecular weight is 311 g/mol. The zero-order valence-electron chi connectivity index (χ0n) is 12.6. The van der Waals surface area contributed by atoms with E-state index in [4.69, 9.17) is 0 Å². The molecule has 0 aromatic carbocycles. The SMILES string of the molecule is Cc1cc(C)n(-c2ccc(C(=O)Nc3ccc(F)cn3)cn2)n1. The smallest absolute Gasteiger partial charge is 0.258 e. The standard InChI is InChI=1S/C16H14FN5O/c1-10-7-11(2)22(21-10)15-6-3-12(8-19-15)16(23)20-14-5-4-13(17)9-18-14/h3-9H,1-2H3,(H,18,20,23). The van der Waals surface area contributed by atoms with E-state index in [-0.39, 0.29) is 11.7 Å². The van der Waals surface area contributed by atoms with E-state index in [2.05, 4.69) is 20.4 Å². The lowest BCUT2D eigenvalue weighted by atomic mass is 10.2. The van der Waals surface area contributed by atoms with Crippen LogP contribution in [0.2, 0.25) is 0 Å². The molecule has 1 amide bonds. The van der Waals surface area contributed by atoms with Gasteiger partial charge in [0.1, 0.15) is 11.6 Å². The van der Waals surface area contributed by atoms with Gasteiger partial charge in [0, 0.05) is 11.9 Å². The molecule has 7 heteroatoms. The summed E-state index contributed by atoms with van der Waals surface area (Å²) in [6.07, 6.45) is 2.50. The van der Waals surface area contributed by atoms with Crippen LogP contribution < -0.4 is 5.32 Å². The fourth-order valence-electron chi connectivity index (χ4n) is 2.14. The molecule has 0 saturated heterocycles. The largest absolute Gasteiger partial charge is 0.307 e. The molecule has 0 bridgehead atoms. The van der Waals surface area contributed by atoms with Gasteiger partial charge in [-0.3, -0.25) is 4.79 Å². The van der Waals surface area contributed by atoms with Crippen molar-refractivity contribution >= 4 is 11.7 Å². The van der Waals surface area contributed by atoms with Gasteiger partial charge in [-0.1, -0.05) is 0 Å². The first kappa shape index (κ1) is 14.8.